The third-order valence-corrected chi connectivity index (χ3v) is 6.44. The van der Waals surface area contributed by atoms with Gasteiger partial charge >= 0.3 is 5.97 Å². The zero-order chi connectivity index (χ0) is 24.7. The van der Waals surface area contributed by atoms with Crippen molar-refractivity contribution in [3.8, 4) is 11.5 Å². The van der Waals surface area contributed by atoms with Crippen molar-refractivity contribution in [2.24, 2.45) is 0 Å². The van der Waals surface area contributed by atoms with E-state index in [4.69, 9.17) is 37.8 Å². The van der Waals surface area contributed by atoms with Crippen LogP contribution in [0.1, 0.15) is 28.8 Å². The Morgan fingerprint density at radius 3 is 2.65 bits per heavy atom. The molecule has 0 unspecified atom stereocenters. The number of carboxylic acid groups (broad SMARTS) is 1. The van der Waals surface area contributed by atoms with Crippen molar-refractivity contribution in [3.05, 3.63) is 57.6 Å². The van der Waals surface area contributed by atoms with Gasteiger partial charge in [-0.3, -0.25) is 4.79 Å². The van der Waals surface area contributed by atoms with E-state index in [1.54, 1.807) is 24.3 Å². The Labute approximate surface area is 208 Å². The van der Waals surface area contributed by atoms with E-state index in [1.807, 2.05) is 13.0 Å². The van der Waals surface area contributed by atoms with Gasteiger partial charge in [0.05, 0.1) is 16.1 Å². The molecular formula is C24H28Cl2N2O6. The van der Waals surface area contributed by atoms with E-state index in [-0.39, 0.29) is 24.3 Å². The third kappa shape index (κ3) is 7.50. The Bertz CT molecular complexity index is 1010. The molecule has 3 rings (SSSR count). The lowest BCUT2D eigenvalue weighted by Crippen LogP contribution is -2.45. The van der Waals surface area contributed by atoms with Gasteiger partial charge in [-0.1, -0.05) is 29.3 Å². The molecule has 2 aromatic rings. The van der Waals surface area contributed by atoms with Gasteiger partial charge in [-0.15, -0.1) is 0 Å². The number of benzene rings is 2. The van der Waals surface area contributed by atoms with E-state index >= 15 is 0 Å². The minimum Gasteiger partial charge on any atom is -0.490 e. The predicted octanol–water partition coefficient (Wildman–Crippen LogP) is 3.40. The van der Waals surface area contributed by atoms with Gasteiger partial charge in [-0.2, -0.15) is 0 Å². The van der Waals surface area contributed by atoms with Crippen LogP contribution in [0.2, 0.25) is 10.0 Å². The number of rotatable bonds is 10. The van der Waals surface area contributed by atoms with Crippen LogP contribution in [-0.2, 0) is 4.79 Å². The summed E-state index contributed by atoms with van der Waals surface area (Å²) < 4.78 is 11.2. The molecule has 3 N–H and O–H groups in total. The van der Waals surface area contributed by atoms with E-state index in [0.717, 1.165) is 37.2 Å². The molecule has 1 amide bonds. The number of carbonyl (C=O) groups excluding carboxylic acids is 1. The molecular weight excluding hydrogens is 483 g/mol. The number of aliphatic hydroxyl groups excluding tert-OH is 1. The van der Waals surface area contributed by atoms with Crippen LogP contribution in [0.5, 0.6) is 11.5 Å². The van der Waals surface area contributed by atoms with Gasteiger partial charge in [-0.05, 0) is 50.1 Å². The molecule has 1 aliphatic rings. The first-order valence-corrected chi connectivity index (χ1v) is 11.7. The number of likely N-dealkylation sites (tertiary alicyclic amines) is 1. The highest BCUT2D eigenvalue weighted by Gasteiger charge is 2.23. The Hall–Kier alpha value is -2.52. The standard InChI is InChI=1S/C24H28Cl2N2O6/c1-15-21(6-5-20(25)23(15)26)34-18-7-9-28(10-8-18)13-17(29)12-27-24(32)16-3-2-4-19(11-16)33-14-22(30)31/h2-6,11,17-18,29H,7-10,12-14H2,1H3,(H,27,32)(H,30,31)/t17-/m1/s1. The summed E-state index contributed by atoms with van der Waals surface area (Å²) in [5.74, 6) is -0.452. The number of aliphatic hydroxyl groups is 1. The van der Waals surface area contributed by atoms with Crippen LogP contribution in [-0.4, -0.2) is 72.0 Å². The maximum absolute atomic E-state index is 12.4. The number of carbonyl (C=O) groups is 2. The number of piperidine rings is 1. The van der Waals surface area contributed by atoms with Crippen molar-refractivity contribution < 1.29 is 29.3 Å². The molecule has 0 aromatic heterocycles. The summed E-state index contributed by atoms with van der Waals surface area (Å²) in [6.45, 7) is 3.44. The molecule has 1 fully saturated rings. The topological polar surface area (TPSA) is 108 Å². The lowest BCUT2D eigenvalue weighted by molar-refractivity contribution is -0.139. The van der Waals surface area contributed by atoms with E-state index < -0.39 is 18.7 Å². The summed E-state index contributed by atoms with van der Waals surface area (Å²) in [5.41, 5.74) is 1.15. The number of amides is 1. The van der Waals surface area contributed by atoms with Crippen molar-refractivity contribution in [2.75, 3.05) is 32.8 Å². The van der Waals surface area contributed by atoms with E-state index in [9.17, 15) is 14.7 Å². The minimum absolute atomic E-state index is 0.0552. The number of nitrogens with one attached hydrogen (secondary N) is 1. The summed E-state index contributed by atoms with van der Waals surface area (Å²) >= 11 is 12.2. The number of aliphatic carboxylic acids is 1. The zero-order valence-corrected chi connectivity index (χ0v) is 20.3. The average molecular weight is 511 g/mol. The van der Waals surface area contributed by atoms with Gasteiger partial charge in [0.2, 0.25) is 0 Å². The summed E-state index contributed by atoms with van der Waals surface area (Å²) in [5, 5.41) is 22.8. The highest BCUT2D eigenvalue weighted by Crippen LogP contribution is 2.33. The first kappa shape index (κ1) is 26.1. The summed E-state index contributed by atoms with van der Waals surface area (Å²) in [4.78, 5) is 25.1. The molecule has 0 saturated carbocycles. The van der Waals surface area contributed by atoms with Crippen molar-refractivity contribution >= 4 is 35.1 Å². The van der Waals surface area contributed by atoms with Gasteiger partial charge in [0.25, 0.3) is 5.91 Å². The van der Waals surface area contributed by atoms with Crippen LogP contribution in [0.4, 0.5) is 0 Å². The summed E-state index contributed by atoms with van der Waals surface area (Å²) in [6.07, 6.45) is 0.939. The maximum atomic E-state index is 12.4. The second-order valence-electron chi connectivity index (χ2n) is 8.18. The first-order valence-electron chi connectivity index (χ1n) is 11.0. The fourth-order valence-corrected chi connectivity index (χ4v) is 4.06. The van der Waals surface area contributed by atoms with Gasteiger partial charge in [0.15, 0.2) is 6.61 Å². The minimum atomic E-state index is -1.10. The fraction of sp³-hybridized carbons (Fsp3) is 0.417. The number of carboxylic acids is 1. The first-order chi connectivity index (χ1) is 16.2. The van der Waals surface area contributed by atoms with Crippen LogP contribution >= 0.6 is 23.2 Å². The molecule has 1 saturated heterocycles. The Morgan fingerprint density at radius 2 is 1.94 bits per heavy atom. The molecule has 1 heterocycles. The van der Waals surface area contributed by atoms with Crippen molar-refractivity contribution in [1.29, 1.82) is 0 Å². The smallest absolute Gasteiger partial charge is 0.341 e. The predicted molar refractivity (Wildman–Crippen MR) is 129 cm³/mol. The number of hydrogen-bond acceptors (Lipinski definition) is 6. The monoisotopic (exact) mass is 510 g/mol. The molecule has 8 nitrogen and oxygen atoms in total. The van der Waals surface area contributed by atoms with E-state index in [2.05, 4.69) is 10.2 Å². The maximum Gasteiger partial charge on any atom is 0.341 e. The van der Waals surface area contributed by atoms with Gasteiger partial charge in [0, 0.05) is 37.3 Å². The molecule has 1 atom stereocenters. The molecule has 0 spiro atoms. The molecule has 0 aliphatic carbocycles. The van der Waals surface area contributed by atoms with Crippen LogP contribution in [0.15, 0.2) is 36.4 Å². The zero-order valence-electron chi connectivity index (χ0n) is 18.8. The molecule has 2 aromatic carbocycles. The highest BCUT2D eigenvalue weighted by molar-refractivity contribution is 6.42. The van der Waals surface area contributed by atoms with Crippen LogP contribution in [0.3, 0.4) is 0 Å². The molecule has 10 heteroatoms. The number of β-amino-alcohol motifs (C(OH)–C–C–N with tert-alkyl or cyclic N) is 1. The van der Waals surface area contributed by atoms with Crippen molar-refractivity contribution in [2.45, 2.75) is 32.0 Å². The quantitative estimate of drug-likeness (QED) is 0.449. The Morgan fingerprint density at radius 1 is 1.21 bits per heavy atom. The van der Waals surface area contributed by atoms with Crippen molar-refractivity contribution in [3.63, 3.8) is 0 Å². The largest absolute Gasteiger partial charge is 0.490 e. The molecule has 0 radical (unpaired) electrons. The number of ether oxygens (including phenoxy) is 2. The molecule has 184 valence electrons. The highest BCUT2D eigenvalue weighted by atomic mass is 35.5. The van der Waals surface area contributed by atoms with Crippen LogP contribution in [0, 0.1) is 6.92 Å². The third-order valence-electron chi connectivity index (χ3n) is 5.54. The van der Waals surface area contributed by atoms with Crippen LogP contribution < -0.4 is 14.8 Å². The normalized spacial score (nSPS) is 15.5. The molecule has 34 heavy (non-hydrogen) atoms. The van der Waals surface area contributed by atoms with Gasteiger partial charge in [0.1, 0.15) is 17.6 Å². The number of halogens is 2. The number of nitrogens with zero attached hydrogens (tertiary/aromatic N) is 1. The Balaban J connectivity index is 1.40. The Kier molecular flexibility index (Phi) is 9.41. The van der Waals surface area contributed by atoms with Crippen molar-refractivity contribution in [1.82, 2.24) is 10.2 Å². The summed E-state index contributed by atoms with van der Waals surface area (Å²) in [6, 6.07) is 9.79. The fourth-order valence-electron chi connectivity index (χ4n) is 3.70. The van der Waals surface area contributed by atoms with E-state index in [1.165, 1.54) is 6.07 Å². The lowest BCUT2D eigenvalue weighted by Gasteiger charge is -2.33. The summed E-state index contributed by atoms with van der Waals surface area (Å²) in [7, 11) is 0. The van der Waals surface area contributed by atoms with Crippen LogP contribution in [0.25, 0.3) is 0 Å². The van der Waals surface area contributed by atoms with Gasteiger partial charge < -0.3 is 29.9 Å². The van der Waals surface area contributed by atoms with Gasteiger partial charge in [-0.25, -0.2) is 4.79 Å². The average Bonchev–Trinajstić information content (AvgIpc) is 2.83. The van der Waals surface area contributed by atoms with E-state index in [0.29, 0.717) is 22.2 Å². The molecule has 1 aliphatic heterocycles. The second kappa shape index (κ2) is 12.3. The molecule has 0 bridgehead atoms. The number of hydrogen-bond donors (Lipinski definition) is 3. The lowest BCUT2D eigenvalue weighted by atomic mass is 10.1. The second-order valence-corrected chi connectivity index (χ2v) is 8.96. The SMILES string of the molecule is Cc1c(OC2CCN(C[C@H](O)CNC(=O)c3cccc(OCC(=O)O)c3)CC2)ccc(Cl)c1Cl.